The van der Waals surface area contributed by atoms with Crippen molar-refractivity contribution in [3.63, 3.8) is 0 Å². The first kappa shape index (κ1) is 15.8. The number of halogens is 3. The Kier molecular flexibility index (Phi) is 6.43. The molecule has 0 saturated heterocycles. The van der Waals surface area contributed by atoms with E-state index in [9.17, 15) is 13.2 Å². The minimum absolute atomic E-state index is 0.0556. The molecule has 2 nitrogen and oxygen atoms in total. The van der Waals surface area contributed by atoms with Gasteiger partial charge in [0.2, 0.25) is 0 Å². The van der Waals surface area contributed by atoms with Crippen LogP contribution in [0.2, 0.25) is 0 Å². The first-order chi connectivity index (χ1) is 8.49. The van der Waals surface area contributed by atoms with Gasteiger partial charge in [-0.1, -0.05) is 13.3 Å². The summed E-state index contributed by atoms with van der Waals surface area (Å²) < 4.78 is 43.4. The Balaban J connectivity index is 2.55. The molecule has 0 aromatic rings. The summed E-state index contributed by atoms with van der Waals surface area (Å²) in [5, 5.41) is 3.32. The van der Waals surface area contributed by atoms with Crippen LogP contribution >= 0.6 is 0 Å². The van der Waals surface area contributed by atoms with E-state index in [1.54, 1.807) is 7.11 Å². The van der Waals surface area contributed by atoms with Crippen LogP contribution in [0.3, 0.4) is 0 Å². The van der Waals surface area contributed by atoms with Gasteiger partial charge in [-0.3, -0.25) is 0 Å². The van der Waals surface area contributed by atoms with Crippen molar-refractivity contribution in [2.45, 2.75) is 51.2 Å². The Bertz CT molecular complexity index is 233. The van der Waals surface area contributed by atoms with Crippen LogP contribution in [-0.4, -0.2) is 32.5 Å². The van der Waals surface area contributed by atoms with E-state index in [1.165, 1.54) is 0 Å². The molecule has 18 heavy (non-hydrogen) atoms. The summed E-state index contributed by atoms with van der Waals surface area (Å²) >= 11 is 0. The third kappa shape index (κ3) is 4.76. The van der Waals surface area contributed by atoms with Crippen LogP contribution in [0.25, 0.3) is 0 Å². The lowest BCUT2D eigenvalue weighted by Gasteiger charge is -2.35. The van der Waals surface area contributed by atoms with E-state index in [0.29, 0.717) is 13.0 Å². The monoisotopic (exact) mass is 267 g/mol. The van der Waals surface area contributed by atoms with Crippen molar-refractivity contribution in [3.8, 4) is 0 Å². The normalized spacial score (nSPS) is 27.2. The zero-order valence-corrected chi connectivity index (χ0v) is 11.2. The average Bonchev–Trinajstić information content (AvgIpc) is 2.33. The van der Waals surface area contributed by atoms with E-state index in [0.717, 1.165) is 19.4 Å². The molecule has 1 saturated carbocycles. The maximum absolute atomic E-state index is 12.8. The predicted octanol–water partition coefficient (Wildman–Crippen LogP) is 3.37. The third-order valence-electron chi connectivity index (χ3n) is 3.75. The van der Waals surface area contributed by atoms with Crippen molar-refractivity contribution in [1.82, 2.24) is 5.32 Å². The molecule has 0 amide bonds. The van der Waals surface area contributed by atoms with E-state index < -0.39 is 12.1 Å². The molecule has 0 heterocycles. The van der Waals surface area contributed by atoms with Crippen molar-refractivity contribution in [1.29, 1.82) is 0 Å². The lowest BCUT2D eigenvalue weighted by molar-refractivity contribution is -0.187. The van der Waals surface area contributed by atoms with Crippen LogP contribution in [0.4, 0.5) is 13.2 Å². The van der Waals surface area contributed by atoms with Crippen molar-refractivity contribution >= 4 is 0 Å². The fourth-order valence-corrected chi connectivity index (χ4v) is 2.76. The number of ether oxygens (including phenoxy) is 1. The highest BCUT2D eigenvalue weighted by atomic mass is 19.4. The quantitative estimate of drug-likeness (QED) is 0.796. The summed E-state index contributed by atoms with van der Waals surface area (Å²) in [5.74, 6) is -1.05. The van der Waals surface area contributed by atoms with E-state index in [1.807, 2.05) is 0 Å². The Morgan fingerprint density at radius 3 is 2.61 bits per heavy atom. The SMILES string of the molecule is CCCNC(COC)C1CCCC(C(F)(F)F)C1. The second-order valence-corrected chi connectivity index (χ2v) is 5.18. The standard InChI is InChI=1S/C13H24F3NO/c1-3-7-17-12(9-18-2)10-5-4-6-11(8-10)13(14,15)16/h10-12,17H,3-9H2,1-2H3. The van der Waals surface area contributed by atoms with Gasteiger partial charge in [0.1, 0.15) is 0 Å². The highest BCUT2D eigenvalue weighted by Crippen LogP contribution is 2.40. The summed E-state index contributed by atoms with van der Waals surface area (Å²) in [7, 11) is 1.60. The average molecular weight is 267 g/mol. The Hall–Kier alpha value is -0.290. The molecule has 0 aromatic heterocycles. The van der Waals surface area contributed by atoms with Crippen LogP contribution in [-0.2, 0) is 4.74 Å². The largest absolute Gasteiger partial charge is 0.391 e. The van der Waals surface area contributed by atoms with E-state index >= 15 is 0 Å². The number of hydrogen-bond donors (Lipinski definition) is 1. The highest BCUT2D eigenvalue weighted by molar-refractivity contribution is 4.85. The summed E-state index contributed by atoms with van der Waals surface area (Å²) in [6, 6.07) is 0.0556. The molecule has 0 bridgehead atoms. The van der Waals surface area contributed by atoms with Crippen LogP contribution in [0.15, 0.2) is 0 Å². The van der Waals surface area contributed by atoms with E-state index in [2.05, 4.69) is 12.2 Å². The third-order valence-corrected chi connectivity index (χ3v) is 3.75. The number of methoxy groups -OCH3 is 1. The summed E-state index contributed by atoms with van der Waals surface area (Å²) in [4.78, 5) is 0. The Labute approximate surface area is 107 Å². The molecule has 0 spiro atoms. The lowest BCUT2D eigenvalue weighted by atomic mass is 9.77. The van der Waals surface area contributed by atoms with Crippen molar-refractivity contribution in [3.05, 3.63) is 0 Å². The molecule has 5 heteroatoms. The van der Waals surface area contributed by atoms with Crippen LogP contribution in [0.1, 0.15) is 39.0 Å². The van der Waals surface area contributed by atoms with Gasteiger partial charge in [-0.2, -0.15) is 13.2 Å². The maximum atomic E-state index is 12.8. The lowest BCUT2D eigenvalue weighted by Crippen LogP contribution is -2.43. The molecule has 1 rings (SSSR count). The molecule has 1 fully saturated rings. The minimum Gasteiger partial charge on any atom is -0.383 e. The van der Waals surface area contributed by atoms with Gasteiger partial charge in [-0.25, -0.2) is 0 Å². The molecule has 1 aliphatic rings. The molecule has 1 N–H and O–H groups in total. The summed E-state index contributed by atoms with van der Waals surface area (Å²) in [5.41, 5.74) is 0. The predicted molar refractivity (Wildman–Crippen MR) is 65.5 cm³/mol. The first-order valence-corrected chi connectivity index (χ1v) is 6.78. The van der Waals surface area contributed by atoms with Crippen molar-refractivity contribution < 1.29 is 17.9 Å². The molecule has 0 aromatic carbocycles. The van der Waals surface area contributed by atoms with Gasteiger partial charge in [-0.15, -0.1) is 0 Å². The Morgan fingerprint density at radius 1 is 1.33 bits per heavy atom. The molecule has 108 valence electrons. The molecule has 3 atom stereocenters. The zero-order chi connectivity index (χ0) is 13.6. The van der Waals surface area contributed by atoms with E-state index in [-0.39, 0.29) is 24.8 Å². The summed E-state index contributed by atoms with van der Waals surface area (Å²) in [6.45, 7) is 3.38. The summed E-state index contributed by atoms with van der Waals surface area (Å²) in [6.07, 6.45) is -0.988. The van der Waals surface area contributed by atoms with Gasteiger partial charge < -0.3 is 10.1 Å². The number of nitrogens with one attached hydrogen (secondary N) is 1. The maximum Gasteiger partial charge on any atom is 0.391 e. The van der Waals surface area contributed by atoms with Gasteiger partial charge in [0.05, 0.1) is 12.5 Å². The second-order valence-electron chi connectivity index (χ2n) is 5.18. The molecular formula is C13H24F3NO. The fourth-order valence-electron chi connectivity index (χ4n) is 2.76. The Morgan fingerprint density at radius 2 is 2.06 bits per heavy atom. The fraction of sp³-hybridized carbons (Fsp3) is 1.00. The zero-order valence-electron chi connectivity index (χ0n) is 11.2. The highest BCUT2D eigenvalue weighted by Gasteiger charge is 2.43. The second kappa shape index (κ2) is 7.34. The molecule has 0 aliphatic heterocycles. The smallest absolute Gasteiger partial charge is 0.383 e. The number of hydrogen-bond acceptors (Lipinski definition) is 2. The number of alkyl halides is 3. The van der Waals surface area contributed by atoms with Gasteiger partial charge in [0.15, 0.2) is 0 Å². The van der Waals surface area contributed by atoms with Gasteiger partial charge in [-0.05, 0) is 38.1 Å². The first-order valence-electron chi connectivity index (χ1n) is 6.78. The van der Waals surface area contributed by atoms with Gasteiger partial charge >= 0.3 is 6.18 Å². The van der Waals surface area contributed by atoms with Gasteiger partial charge in [0.25, 0.3) is 0 Å². The van der Waals surface area contributed by atoms with Crippen LogP contribution < -0.4 is 5.32 Å². The van der Waals surface area contributed by atoms with Crippen molar-refractivity contribution in [2.75, 3.05) is 20.3 Å². The number of rotatable bonds is 6. The molecule has 3 unspecified atom stereocenters. The molecular weight excluding hydrogens is 243 g/mol. The topological polar surface area (TPSA) is 21.3 Å². The van der Waals surface area contributed by atoms with Crippen LogP contribution in [0.5, 0.6) is 0 Å². The minimum atomic E-state index is -4.04. The van der Waals surface area contributed by atoms with Crippen LogP contribution in [0, 0.1) is 11.8 Å². The molecule has 1 aliphatic carbocycles. The van der Waals surface area contributed by atoms with Crippen molar-refractivity contribution in [2.24, 2.45) is 11.8 Å². The van der Waals surface area contributed by atoms with E-state index in [4.69, 9.17) is 4.74 Å². The molecule has 0 radical (unpaired) electrons. The van der Waals surface area contributed by atoms with Gasteiger partial charge in [0, 0.05) is 13.2 Å².